The van der Waals surface area contributed by atoms with Crippen LogP contribution in [0.5, 0.6) is 5.75 Å². The second-order valence-electron chi connectivity index (χ2n) is 6.88. The quantitative estimate of drug-likeness (QED) is 0.867. The molecule has 1 aliphatic heterocycles. The van der Waals surface area contributed by atoms with Crippen LogP contribution in [0.1, 0.15) is 44.9 Å². The van der Waals surface area contributed by atoms with Gasteiger partial charge in [-0.15, -0.1) is 0 Å². The van der Waals surface area contributed by atoms with E-state index in [0.717, 1.165) is 18.8 Å². The highest BCUT2D eigenvalue weighted by molar-refractivity contribution is 5.46. The summed E-state index contributed by atoms with van der Waals surface area (Å²) in [6.45, 7) is 10.1. The number of benzene rings is 1. The Kier molecular flexibility index (Phi) is 2.34. The summed E-state index contributed by atoms with van der Waals surface area (Å²) in [7, 11) is 0. The Morgan fingerprint density at radius 3 is 2.50 bits per heavy atom. The molecule has 1 unspecified atom stereocenters. The molecule has 18 heavy (non-hydrogen) atoms. The maximum atomic E-state index is 6.54. The zero-order chi connectivity index (χ0) is 13.1. The number of para-hydroxylation sites is 1. The number of hydrogen-bond acceptors (Lipinski definition) is 2. The van der Waals surface area contributed by atoms with Crippen molar-refractivity contribution in [1.29, 1.82) is 0 Å². The van der Waals surface area contributed by atoms with Gasteiger partial charge in [-0.3, -0.25) is 0 Å². The second kappa shape index (κ2) is 3.51. The van der Waals surface area contributed by atoms with Crippen LogP contribution >= 0.6 is 0 Å². The summed E-state index contributed by atoms with van der Waals surface area (Å²) in [5, 5.41) is 0. The minimum absolute atomic E-state index is 0.0862. The summed E-state index contributed by atoms with van der Waals surface area (Å²) < 4.78 is 5.78. The normalized spacial score (nSPS) is 25.4. The van der Waals surface area contributed by atoms with Crippen LogP contribution in [0.4, 0.5) is 0 Å². The van der Waals surface area contributed by atoms with Crippen LogP contribution in [0.15, 0.2) is 18.2 Å². The van der Waals surface area contributed by atoms with E-state index in [4.69, 9.17) is 10.5 Å². The predicted octanol–water partition coefficient (Wildman–Crippen LogP) is 3.30. The molecule has 2 aliphatic rings. The molecule has 1 aromatic carbocycles. The van der Waals surface area contributed by atoms with E-state index in [9.17, 15) is 0 Å². The fourth-order valence-corrected chi connectivity index (χ4v) is 3.83. The largest absolute Gasteiger partial charge is 0.493 e. The lowest BCUT2D eigenvalue weighted by Gasteiger charge is -2.17. The van der Waals surface area contributed by atoms with Gasteiger partial charge in [0, 0.05) is 18.0 Å². The van der Waals surface area contributed by atoms with E-state index in [2.05, 4.69) is 45.9 Å². The van der Waals surface area contributed by atoms with Crippen molar-refractivity contribution in [3.05, 3.63) is 29.3 Å². The van der Waals surface area contributed by atoms with Crippen LogP contribution in [0.3, 0.4) is 0 Å². The van der Waals surface area contributed by atoms with Crippen molar-refractivity contribution >= 4 is 0 Å². The lowest BCUT2D eigenvalue weighted by atomic mass is 9.95. The Balaban J connectivity index is 1.96. The average molecular weight is 245 g/mol. The molecule has 0 radical (unpaired) electrons. The highest BCUT2D eigenvalue weighted by Crippen LogP contribution is 2.72. The van der Waals surface area contributed by atoms with Crippen LogP contribution < -0.4 is 10.5 Å². The summed E-state index contributed by atoms with van der Waals surface area (Å²) in [4.78, 5) is 0. The zero-order valence-electron chi connectivity index (χ0n) is 11.8. The predicted molar refractivity (Wildman–Crippen MR) is 73.6 cm³/mol. The van der Waals surface area contributed by atoms with Crippen molar-refractivity contribution < 1.29 is 4.74 Å². The average Bonchev–Trinajstić information content (AvgIpc) is 2.69. The van der Waals surface area contributed by atoms with Crippen molar-refractivity contribution in [2.24, 2.45) is 22.5 Å². The zero-order valence-corrected chi connectivity index (χ0v) is 11.8. The first kappa shape index (κ1) is 12.0. The van der Waals surface area contributed by atoms with Crippen molar-refractivity contribution in [2.45, 2.75) is 40.2 Å². The molecule has 1 aliphatic carbocycles. The third kappa shape index (κ3) is 1.38. The van der Waals surface area contributed by atoms with Crippen molar-refractivity contribution in [2.75, 3.05) is 6.61 Å². The first-order valence-electron chi connectivity index (χ1n) is 6.87. The van der Waals surface area contributed by atoms with Gasteiger partial charge in [0.2, 0.25) is 0 Å². The Hall–Kier alpha value is -1.02. The standard InChI is InChI=1S/C16H23NO/c1-15(2)14(16(15,3)4)12(17)11-7-5-6-10-8-9-18-13(10)11/h5-7,12,14H,8-9,17H2,1-4H3. The minimum Gasteiger partial charge on any atom is -0.493 e. The van der Waals surface area contributed by atoms with E-state index < -0.39 is 0 Å². The number of ether oxygens (including phenoxy) is 1. The maximum Gasteiger partial charge on any atom is 0.127 e. The van der Waals surface area contributed by atoms with Gasteiger partial charge in [0.25, 0.3) is 0 Å². The van der Waals surface area contributed by atoms with Gasteiger partial charge >= 0.3 is 0 Å². The first-order valence-corrected chi connectivity index (χ1v) is 6.87. The van der Waals surface area contributed by atoms with Crippen LogP contribution in [0, 0.1) is 16.7 Å². The van der Waals surface area contributed by atoms with Crippen molar-refractivity contribution in [3.8, 4) is 5.75 Å². The Morgan fingerprint density at radius 2 is 1.89 bits per heavy atom. The van der Waals surface area contributed by atoms with Gasteiger partial charge in [-0.05, 0) is 22.3 Å². The fraction of sp³-hybridized carbons (Fsp3) is 0.625. The minimum atomic E-state index is 0.0862. The molecular weight excluding hydrogens is 222 g/mol. The molecule has 98 valence electrons. The Labute approximate surface area is 110 Å². The molecule has 1 aromatic rings. The molecule has 0 saturated heterocycles. The van der Waals surface area contributed by atoms with Crippen molar-refractivity contribution in [3.63, 3.8) is 0 Å². The summed E-state index contributed by atoms with van der Waals surface area (Å²) >= 11 is 0. The molecule has 0 bridgehead atoms. The van der Waals surface area contributed by atoms with E-state index in [1.54, 1.807) is 0 Å². The number of hydrogen-bond donors (Lipinski definition) is 1. The van der Waals surface area contributed by atoms with E-state index in [-0.39, 0.29) is 6.04 Å². The maximum absolute atomic E-state index is 6.54. The number of rotatable bonds is 2. The molecule has 2 N–H and O–H groups in total. The smallest absolute Gasteiger partial charge is 0.127 e. The Bertz CT molecular complexity index is 476. The molecule has 2 heteroatoms. The van der Waals surface area contributed by atoms with Crippen LogP contribution in [-0.4, -0.2) is 6.61 Å². The van der Waals surface area contributed by atoms with Gasteiger partial charge < -0.3 is 10.5 Å². The third-order valence-corrected chi connectivity index (χ3v) is 5.60. The molecule has 2 nitrogen and oxygen atoms in total. The van der Waals surface area contributed by atoms with Gasteiger partial charge in [0.15, 0.2) is 0 Å². The molecule has 3 rings (SSSR count). The van der Waals surface area contributed by atoms with Crippen LogP contribution in [0.2, 0.25) is 0 Å². The number of fused-ring (bicyclic) bond motifs is 1. The first-order chi connectivity index (χ1) is 8.37. The third-order valence-electron chi connectivity index (χ3n) is 5.60. The van der Waals surface area contributed by atoms with Gasteiger partial charge in [0.05, 0.1) is 6.61 Å². The van der Waals surface area contributed by atoms with Gasteiger partial charge in [-0.2, -0.15) is 0 Å². The highest BCUT2D eigenvalue weighted by atomic mass is 16.5. The highest BCUT2D eigenvalue weighted by Gasteiger charge is 2.66. The SMILES string of the molecule is CC1(C)C(C(N)c2cccc3c2OCC3)C1(C)C. The van der Waals surface area contributed by atoms with Gasteiger partial charge in [0.1, 0.15) is 5.75 Å². The summed E-state index contributed by atoms with van der Waals surface area (Å²) in [5.74, 6) is 1.59. The lowest BCUT2D eigenvalue weighted by Crippen LogP contribution is -2.17. The molecule has 0 aromatic heterocycles. The summed E-state index contributed by atoms with van der Waals surface area (Å²) in [6.07, 6.45) is 1.02. The molecule has 1 heterocycles. The second-order valence-corrected chi connectivity index (χ2v) is 6.88. The lowest BCUT2D eigenvalue weighted by molar-refractivity contribution is 0.347. The van der Waals surface area contributed by atoms with Crippen LogP contribution in [0.25, 0.3) is 0 Å². The van der Waals surface area contributed by atoms with Crippen molar-refractivity contribution in [1.82, 2.24) is 0 Å². The topological polar surface area (TPSA) is 35.2 Å². The van der Waals surface area contributed by atoms with E-state index >= 15 is 0 Å². The van der Waals surface area contributed by atoms with E-state index in [1.165, 1.54) is 11.1 Å². The summed E-state index contributed by atoms with van der Waals surface area (Å²) in [5.41, 5.74) is 9.69. The van der Waals surface area contributed by atoms with Gasteiger partial charge in [-0.1, -0.05) is 45.9 Å². The molecule has 0 spiro atoms. The Morgan fingerprint density at radius 1 is 1.22 bits per heavy atom. The fourth-order valence-electron chi connectivity index (χ4n) is 3.83. The summed E-state index contributed by atoms with van der Waals surface area (Å²) in [6, 6.07) is 6.50. The molecule has 0 amide bonds. The molecule has 1 atom stereocenters. The van der Waals surface area contributed by atoms with Gasteiger partial charge in [-0.25, -0.2) is 0 Å². The molecular formula is C16H23NO. The number of nitrogens with two attached hydrogens (primary N) is 1. The van der Waals surface area contributed by atoms with E-state index in [1.807, 2.05) is 0 Å². The van der Waals surface area contributed by atoms with Crippen LogP contribution in [-0.2, 0) is 6.42 Å². The molecule has 1 saturated carbocycles. The van der Waals surface area contributed by atoms with E-state index in [0.29, 0.717) is 16.7 Å². The molecule has 1 fully saturated rings. The monoisotopic (exact) mass is 245 g/mol.